The van der Waals surface area contributed by atoms with Gasteiger partial charge in [0.15, 0.2) is 6.19 Å². The van der Waals surface area contributed by atoms with E-state index >= 15 is 0 Å². The normalized spacial score (nSPS) is 30.9. The highest BCUT2D eigenvalue weighted by molar-refractivity contribution is 5.01. The average Bonchev–Trinajstić information content (AvgIpc) is 1.82. The highest BCUT2D eigenvalue weighted by Gasteiger charge is 2.51. The Morgan fingerprint density at radius 3 is 2.44 bits per heavy atom. The summed E-state index contributed by atoms with van der Waals surface area (Å²) in [5.74, 6) is -2.64. The molecule has 1 heterocycles. The van der Waals surface area contributed by atoms with E-state index in [-0.39, 0.29) is 0 Å². The van der Waals surface area contributed by atoms with Crippen molar-refractivity contribution >= 4 is 0 Å². The van der Waals surface area contributed by atoms with E-state index in [1.54, 1.807) is 6.19 Å². The van der Waals surface area contributed by atoms with Gasteiger partial charge in [-0.05, 0) is 6.92 Å². The van der Waals surface area contributed by atoms with Crippen LogP contribution in [-0.2, 0) is 0 Å². The van der Waals surface area contributed by atoms with Crippen LogP contribution >= 0.6 is 0 Å². The molecule has 0 aliphatic carbocycles. The van der Waals surface area contributed by atoms with Gasteiger partial charge < -0.3 is 0 Å². The summed E-state index contributed by atoms with van der Waals surface area (Å²) < 4.78 is 24.4. The van der Waals surface area contributed by atoms with Gasteiger partial charge in [0.25, 0.3) is 5.92 Å². The summed E-state index contributed by atoms with van der Waals surface area (Å²) in [6.45, 7) is 0.928. The Balaban J connectivity index is 2.54. The van der Waals surface area contributed by atoms with E-state index in [2.05, 4.69) is 0 Å². The predicted octanol–water partition coefficient (Wildman–Crippen LogP) is 0.807. The first-order valence-electron chi connectivity index (χ1n) is 2.62. The molecule has 0 saturated carbocycles. The molecule has 2 nitrogen and oxygen atoms in total. The van der Waals surface area contributed by atoms with Crippen molar-refractivity contribution in [2.75, 3.05) is 6.54 Å². The van der Waals surface area contributed by atoms with Crippen molar-refractivity contribution in [2.24, 2.45) is 0 Å². The molecule has 0 amide bonds. The fraction of sp³-hybridized carbons (Fsp3) is 0.800. The lowest BCUT2D eigenvalue weighted by Crippen LogP contribution is -2.61. The second-order valence-electron chi connectivity index (χ2n) is 2.16. The van der Waals surface area contributed by atoms with Gasteiger partial charge in [-0.1, -0.05) is 0 Å². The number of alkyl halides is 2. The summed E-state index contributed by atoms with van der Waals surface area (Å²) in [7, 11) is 0. The molecule has 0 bridgehead atoms. The van der Waals surface area contributed by atoms with Crippen LogP contribution in [0, 0.1) is 11.5 Å². The topological polar surface area (TPSA) is 27.0 Å². The van der Waals surface area contributed by atoms with Crippen molar-refractivity contribution in [2.45, 2.75) is 18.9 Å². The van der Waals surface area contributed by atoms with Crippen LogP contribution in [0.25, 0.3) is 0 Å². The van der Waals surface area contributed by atoms with Gasteiger partial charge in [0, 0.05) is 0 Å². The van der Waals surface area contributed by atoms with Crippen molar-refractivity contribution in [1.82, 2.24) is 4.90 Å². The van der Waals surface area contributed by atoms with Crippen molar-refractivity contribution in [3.63, 3.8) is 0 Å². The summed E-state index contributed by atoms with van der Waals surface area (Å²) in [6.07, 6.45) is 1.66. The Morgan fingerprint density at radius 1 is 1.78 bits per heavy atom. The molecule has 1 rings (SSSR count). The summed E-state index contributed by atoms with van der Waals surface area (Å²) in [5.41, 5.74) is 0. The fourth-order valence-corrected chi connectivity index (χ4v) is 0.734. The predicted molar refractivity (Wildman–Crippen MR) is 26.7 cm³/mol. The van der Waals surface area contributed by atoms with E-state index in [9.17, 15) is 8.78 Å². The van der Waals surface area contributed by atoms with E-state index in [0.717, 1.165) is 4.90 Å². The molecule has 1 aliphatic rings. The van der Waals surface area contributed by atoms with Gasteiger partial charge in [-0.15, -0.1) is 0 Å². The van der Waals surface area contributed by atoms with Gasteiger partial charge in [0.2, 0.25) is 0 Å². The quantitative estimate of drug-likeness (QED) is 0.456. The number of likely N-dealkylation sites (tertiary alicyclic amines) is 1. The van der Waals surface area contributed by atoms with E-state index in [0.29, 0.717) is 0 Å². The fourth-order valence-electron chi connectivity index (χ4n) is 0.734. The Labute approximate surface area is 51.7 Å². The molecule has 1 unspecified atom stereocenters. The van der Waals surface area contributed by atoms with Crippen LogP contribution in [0.3, 0.4) is 0 Å². The third-order valence-corrected chi connectivity index (χ3v) is 1.59. The van der Waals surface area contributed by atoms with E-state index < -0.39 is 18.5 Å². The maximum atomic E-state index is 12.2. The van der Waals surface area contributed by atoms with Gasteiger partial charge in [-0.25, -0.2) is 8.78 Å². The summed E-state index contributed by atoms with van der Waals surface area (Å²) in [5, 5.41) is 8.13. The molecule has 1 aliphatic heterocycles. The van der Waals surface area contributed by atoms with E-state index in [1.165, 1.54) is 6.92 Å². The third-order valence-electron chi connectivity index (χ3n) is 1.59. The van der Waals surface area contributed by atoms with Crippen LogP contribution in [0.1, 0.15) is 6.92 Å². The molecule has 1 fully saturated rings. The van der Waals surface area contributed by atoms with Gasteiger partial charge in [0.1, 0.15) is 6.04 Å². The minimum atomic E-state index is -2.64. The van der Waals surface area contributed by atoms with Crippen LogP contribution in [-0.4, -0.2) is 23.4 Å². The maximum absolute atomic E-state index is 12.2. The van der Waals surface area contributed by atoms with Crippen molar-refractivity contribution < 1.29 is 8.78 Å². The Morgan fingerprint density at radius 2 is 2.33 bits per heavy atom. The first-order chi connectivity index (χ1) is 4.08. The van der Waals surface area contributed by atoms with Crippen LogP contribution < -0.4 is 0 Å². The molecule has 0 spiro atoms. The highest BCUT2D eigenvalue weighted by atomic mass is 19.3. The lowest BCUT2D eigenvalue weighted by atomic mass is 10.0. The molecule has 0 aromatic heterocycles. The largest absolute Gasteiger partial charge is 0.296 e. The van der Waals surface area contributed by atoms with Gasteiger partial charge in [0.05, 0.1) is 6.54 Å². The van der Waals surface area contributed by atoms with E-state index in [4.69, 9.17) is 5.26 Å². The molecule has 0 N–H and O–H groups in total. The molecule has 50 valence electrons. The van der Waals surface area contributed by atoms with Crippen molar-refractivity contribution in [1.29, 1.82) is 5.26 Å². The number of nitriles is 1. The molecule has 9 heavy (non-hydrogen) atoms. The number of hydrogen-bond donors (Lipinski definition) is 0. The maximum Gasteiger partial charge on any atom is 0.286 e. The molecular weight excluding hydrogens is 126 g/mol. The minimum absolute atomic E-state index is 0.412. The second-order valence-corrected chi connectivity index (χ2v) is 2.16. The highest BCUT2D eigenvalue weighted by Crippen LogP contribution is 2.33. The zero-order chi connectivity index (χ0) is 7.07. The van der Waals surface area contributed by atoms with Crippen LogP contribution in [0.5, 0.6) is 0 Å². The standard InChI is InChI=1S/C5H6F2N2/c1-4-5(6,7)2-9(4)3-8/h4H,2H2,1H3. The Kier molecular flexibility index (Phi) is 1.09. The molecule has 0 aromatic rings. The smallest absolute Gasteiger partial charge is 0.286 e. The zero-order valence-corrected chi connectivity index (χ0v) is 4.93. The molecule has 1 saturated heterocycles. The third kappa shape index (κ3) is 0.727. The van der Waals surface area contributed by atoms with Gasteiger partial charge in [-0.3, -0.25) is 4.90 Å². The number of nitrogens with zero attached hydrogens (tertiary/aromatic N) is 2. The summed E-state index contributed by atoms with van der Waals surface area (Å²) in [4.78, 5) is 1.06. The monoisotopic (exact) mass is 132 g/mol. The van der Waals surface area contributed by atoms with E-state index in [1.807, 2.05) is 0 Å². The van der Waals surface area contributed by atoms with Crippen molar-refractivity contribution in [3.05, 3.63) is 0 Å². The molecule has 4 heteroatoms. The van der Waals surface area contributed by atoms with Crippen LogP contribution in [0.4, 0.5) is 8.78 Å². The lowest BCUT2D eigenvalue weighted by molar-refractivity contribution is -0.152. The minimum Gasteiger partial charge on any atom is -0.296 e. The Hall–Kier alpha value is -0.850. The summed E-state index contributed by atoms with van der Waals surface area (Å²) in [6, 6.07) is -0.900. The molecular formula is C5H6F2N2. The first-order valence-corrected chi connectivity index (χ1v) is 2.62. The van der Waals surface area contributed by atoms with Gasteiger partial charge >= 0.3 is 0 Å². The second kappa shape index (κ2) is 1.56. The van der Waals surface area contributed by atoms with Crippen LogP contribution in [0.15, 0.2) is 0 Å². The molecule has 1 atom stereocenters. The first kappa shape index (κ1) is 6.27. The van der Waals surface area contributed by atoms with Gasteiger partial charge in [-0.2, -0.15) is 5.26 Å². The Bertz CT molecular complexity index is 161. The molecule has 0 aromatic carbocycles. The summed E-state index contributed by atoms with van der Waals surface area (Å²) >= 11 is 0. The average molecular weight is 132 g/mol. The SMILES string of the molecule is CC1N(C#N)CC1(F)F. The number of rotatable bonds is 0. The zero-order valence-electron chi connectivity index (χ0n) is 4.93. The van der Waals surface area contributed by atoms with Crippen LogP contribution in [0.2, 0.25) is 0 Å². The molecule has 0 radical (unpaired) electrons. The number of halogens is 2. The van der Waals surface area contributed by atoms with Crippen molar-refractivity contribution in [3.8, 4) is 6.19 Å². The lowest BCUT2D eigenvalue weighted by Gasteiger charge is -2.41. The number of hydrogen-bond acceptors (Lipinski definition) is 2.